The summed E-state index contributed by atoms with van der Waals surface area (Å²) in [4.78, 5) is 18.7. The summed E-state index contributed by atoms with van der Waals surface area (Å²) in [7, 11) is 0. The minimum Gasteiger partial charge on any atom is -0.397 e. The minimum atomic E-state index is -0.714. The maximum atomic E-state index is 14.1. The van der Waals surface area contributed by atoms with Gasteiger partial charge >= 0.3 is 0 Å². The number of amides is 1. The van der Waals surface area contributed by atoms with E-state index >= 15 is 0 Å². The Morgan fingerprint density at radius 3 is 2.63 bits per heavy atom. The Hall–Kier alpha value is -3.42. The molecule has 8 heteroatoms. The lowest BCUT2D eigenvalue weighted by atomic mass is 9.94. The number of nitrogens with zero attached hydrogens (tertiary/aromatic N) is 4. The van der Waals surface area contributed by atoms with Crippen LogP contribution in [0.15, 0.2) is 42.5 Å². The first-order valence-corrected chi connectivity index (χ1v) is 9.67. The van der Waals surface area contributed by atoms with Crippen LogP contribution in [0, 0.1) is 24.5 Å². The number of nitrogens with two attached hydrogens (primary N) is 1. The number of likely N-dealkylation sites (tertiary alicyclic amines) is 1. The number of pyridine rings is 1. The molecule has 30 heavy (non-hydrogen) atoms. The molecule has 154 valence electrons. The Morgan fingerprint density at radius 2 is 1.93 bits per heavy atom. The third-order valence-electron chi connectivity index (χ3n) is 5.20. The van der Waals surface area contributed by atoms with Crippen molar-refractivity contribution in [3.05, 3.63) is 71.2 Å². The molecular weight excluding hydrogens is 388 g/mol. The Balaban J connectivity index is 1.39. The van der Waals surface area contributed by atoms with Gasteiger partial charge in [0.15, 0.2) is 0 Å². The largest absolute Gasteiger partial charge is 0.397 e. The van der Waals surface area contributed by atoms with Crippen LogP contribution >= 0.6 is 0 Å². The molecular formula is C22H21F2N5O. The van der Waals surface area contributed by atoms with E-state index < -0.39 is 11.6 Å². The van der Waals surface area contributed by atoms with Gasteiger partial charge in [-0.15, -0.1) is 0 Å². The lowest BCUT2D eigenvalue weighted by Crippen LogP contribution is -2.51. The number of aryl methyl sites for hydroxylation is 1. The molecule has 0 atom stereocenters. The van der Waals surface area contributed by atoms with Crippen molar-refractivity contribution in [2.75, 3.05) is 18.8 Å². The number of carbonyl (C=O) groups is 1. The minimum absolute atomic E-state index is 0.0273. The van der Waals surface area contributed by atoms with E-state index in [1.54, 1.807) is 17.0 Å². The Labute approximate surface area is 172 Å². The van der Waals surface area contributed by atoms with Crippen LogP contribution in [0.3, 0.4) is 0 Å². The molecule has 0 radical (unpaired) electrons. The Bertz CT molecular complexity index is 1080. The van der Waals surface area contributed by atoms with Gasteiger partial charge in [0.05, 0.1) is 34.9 Å². The van der Waals surface area contributed by atoms with Crippen molar-refractivity contribution in [2.45, 2.75) is 19.8 Å². The van der Waals surface area contributed by atoms with E-state index in [1.165, 1.54) is 12.1 Å². The first-order valence-electron chi connectivity index (χ1n) is 9.67. The van der Waals surface area contributed by atoms with Gasteiger partial charge < -0.3 is 10.6 Å². The maximum Gasteiger partial charge on any atom is 0.228 e. The fourth-order valence-electron chi connectivity index (χ4n) is 3.49. The summed E-state index contributed by atoms with van der Waals surface area (Å²) in [6.07, 6.45) is 0.802. The number of hydrogen-bond donors (Lipinski definition) is 1. The molecule has 0 aliphatic carbocycles. The van der Waals surface area contributed by atoms with Crippen LogP contribution in [0.1, 0.15) is 17.1 Å². The van der Waals surface area contributed by atoms with Gasteiger partial charge in [-0.2, -0.15) is 10.2 Å². The van der Waals surface area contributed by atoms with Gasteiger partial charge in [0.25, 0.3) is 0 Å². The zero-order valence-electron chi connectivity index (χ0n) is 16.5. The third kappa shape index (κ3) is 4.27. The van der Waals surface area contributed by atoms with Crippen LogP contribution in [-0.4, -0.2) is 39.1 Å². The second-order valence-electron chi connectivity index (χ2n) is 7.57. The van der Waals surface area contributed by atoms with Gasteiger partial charge in [0.1, 0.15) is 11.6 Å². The highest BCUT2D eigenvalue weighted by Crippen LogP contribution is 2.25. The lowest BCUT2D eigenvalue weighted by molar-refractivity contribution is -0.136. The van der Waals surface area contributed by atoms with Crippen LogP contribution < -0.4 is 5.73 Å². The highest BCUT2D eigenvalue weighted by atomic mass is 19.1. The zero-order chi connectivity index (χ0) is 21.3. The number of halogens is 2. The SMILES string of the molecule is Cc1ccc(CC2CN(C(=O)Cc3nc(-c4ccc(F)cc4F)ccc3N)C2)nn1. The third-order valence-corrected chi connectivity index (χ3v) is 5.20. The van der Waals surface area contributed by atoms with E-state index in [1.807, 2.05) is 19.1 Å². The topological polar surface area (TPSA) is 85.0 Å². The number of aromatic nitrogens is 3. The maximum absolute atomic E-state index is 14.1. The molecule has 0 saturated carbocycles. The fraction of sp³-hybridized carbons (Fsp3) is 0.273. The molecule has 6 nitrogen and oxygen atoms in total. The molecule has 1 aliphatic rings. The highest BCUT2D eigenvalue weighted by molar-refractivity contribution is 5.81. The molecule has 1 saturated heterocycles. The summed E-state index contributed by atoms with van der Waals surface area (Å²) in [5.41, 5.74) is 8.98. The number of hydrogen-bond acceptors (Lipinski definition) is 5. The number of anilines is 1. The van der Waals surface area contributed by atoms with Gasteiger partial charge in [0, 0.05) is 24.7 Å². The van der Waals surface area contributed by atoms with Crippen LogP contribution in [0.4, 0.5) is 14.5 Å². The van der Waals surface area contributed by atoms with Crippen LogP contribution in [0.2, 0.25) is 0 Å². The predicted octanol–water partition coefficient (Wildman–Crippen LogP) is 2.95. The van der Waals surface area contributed by atoms with Crippen LogP contribution in [0.5, 0.6) is 0 Å². The first-order chi connectivity index (χ1) is 14.4. The lowest BCUT2D eigenvalue weighted by Gasteiger charge is -2.39. The number of carbonyl (C=O) groups excluding carboxylic acids is 1. The van der Waals surface area contributed by atoms with Gasteiger partial charge in [-0.25, -0.2) is 8.78 Å². The number of nitrogen functional groups attached to an aromatic ring is 1. The summed E-state index contributed by atoms with van der Waals surface area (Å²) in [6.45, 7) is 3.17. The Morgan fingerprint density at radius 1 is 1.13 bits per heavy atom. The van der Waals surface area contributed by atoms with Crippen molar-refractivity contribution in [1.29, 1.82) is 0 Å². The van der Waals surface area contributed by atoms with Gasteiger partial charge in [-0.3, -0.25) is 9.78 Å². The molecule has 3 aromatic rings. The first kappa shape index (κ1) is 19.9. The molecule has 0 unspecified atom stereocenters. The standard InChI is InChI=1S/C22H21F2N5O/c1-13-2-4-16(28-27-13)8-14-11-29(12-14)22(30)10-21-19(25)6-7-20(26-21)17-5-3-15(23)9-18(17)24/h2-7,9,14H,8,10-12,25H2,1H3. The van der Waals surface area contributed by atoms with Gasteiger partial charge in [-0.1, -0.05) is 0 Å². The smallest absolute Gasteiger partial charge is 0.228 e. The molecule has 1 aliphatic heterocycles. The summed E-state index contributed by atoms with van der Waals surface area (Å²) >= 11 is 0. The van der Waals surface area contributed by atoms with Crippen molar-refractivity contribution in [2.24, 2.45) is 5.92 Å². The average molecular weight is 409 g/mol. The van der Waals surface area contributed by atoms with E-state index in [9.17, 15) is 13.6 Å². The van der Waals surface area contributed by atoms with Crippen molar-refractivity contribution < 1.29 is 13.6 Å². The van der Waals surface area contributed by atoms with E-state index in [-0.39, 0.29) is 17.9 Å². The molecule has 2 aromatic heterocycles. The van der Waals surface area contributed by atoms with Crippen molar-refractivity contribution in [3.63, 3.8) is 0 Å². The fourth-order valence-corrected chi connectivity index (χ4v) is 3.49. The van der Waals surface area contributed by atoms with E-state index in [0.29, 0.717) is 36.1 Å². The Kier molecular flexibility index (Phi) is 5.39. The molecule has 1 amide bonds. The van der Waals surface area contributed by atoms with E-state index in [4.69, 9.17) is 5.73 Å². The summed E-state index contributed by atoms with van der Waals surface area (Å²) in [5.74, 6) is -1.12. The molecule has 1 aromatic carbocycles. The second-order valence-corrected chi connectivity index (χ2v) is 7.57. The summed E-state index contributed by atoms with van der Waals surface area (Å²) in [5, 5.41) is 8.22. The molecule has 0 bridgehead atoms. The van der Waals surface area contributed by atoms with Crippen LogP contribution in [0.25, 0.3) is 11.3 Å². The summed E-state index contributed by atoms with van der Waals surface area (Å²) < 4.78 is 27.2. The van der Waals surface area contributed by atoms with Crippen molar-refractivity contribution in [3.8, 4) is 11.3 Å². The number of benzene rings is 1. The number of rotatable bonds is 5. The van der Waals surface area contributed by atoms with Gasteiger partial charge in [0.2, 0.25) is 5.91 Å². The highest BCUT2D eigenvalue weighted by Gasteiger charge is 2.31. The molecule has 1 fully saturated rings. The molecule has 0 spiro atoms. The molecule has 3 heterocycles. The molecule has 4 rings (SSSR count). The average Bonchev–Trinajstić information content (AvgIpc) is 2.67. The van der Waals surface area contributed by atoms with Crippen molar-refractivity contribution in [1.82, 2.24) is 20.1 Å². The van der Waals surface area contributed by atoms with Crippen LogP contribution in [-0.2, 0) is 17.6 Å². The van der Waals surface area contributed by atoms with Gasteiger partial charge in [-0.05, 0) is 55.7 Å². The molecule has 2 N–H and O–H groups in total. The predicted molar refractivity (Wildman–Crippen MR) is 108 cm³/mol. The van der Waals surface area contributed by atoms with E-state index in [2.05, 4.69) is 15.2 Å². The normalized spacial score (nSPS) is 13.9. The monoisotopic (exact) mass is 409 g/mol. The second kappa shape index (κ2) is 8.14. The summed E-state index contributed by atoms with van der Waals surface area (Å²) in [6, 6.07) is 10.3. The van der Waals surface area contributed by atoms with E-state index in [0.717, 1.165) is 23.9 Å². The van der Waals surface area contributed by atoms with Crippen molar-refractivity contribution >= 4 is 11.6 Å². The quantitative estimate of drug-likeness (QED) is 0.700. The zero-order valence-corrected chi connectivity index (χ0v) is 16.5.